The van der Waals surface area contributed by atoms with Gasteiger partial charge in [0.25, 0.3) is 0 Å². The summed E-state index contributed by atoms with van der Waals surface area (Å²) in [4.78, 5) is 0. The van der Waals surface area contributed by atoms with E-state index in [1.807, 2.05) is 0 Å². The molecule has 0 spiro atoms. The summed E-state index contributed by atoms with van der Waals surface area (Å²) in [6, 6.07) is 0. The predicted octanol–water partition coefficient (Wildman–Crippen LogP) is 6.15. The van der Waals surface area contributed by atoms with Gasteiger partial charge in [-0.2, -0.15) is 0 Å². The molecule has 4 aliphatic rings. The van der Waals surface area contributed by atoms with Crippen LogP contribution in [0.1, 0.15) is 83.2 Å². The van der Waals surface area contributed by atoms with Crippen molar-refractivity contribution in [3.8, 4) is 0 Å². The smallest absolute Gasteiger partial charge is 0.147 e. The fraction of sp³-hybridized carbons (Fsp3) is 0.792. The van der Waals surface area contributed by atoms with E-state index in [0.717, 1.165) is 29.4 Å². The van der Waals surface area contributed by atoms with E-state index in [1.54, 1.807) is 6.26 Å². The van der Waals surface area contributed by atoms with Gasteiger partial charge in [-0.15, -0.1) is 10.8 Å². The molecule has 1 aromatic heterocycles. The lowest BCUT2D eigenvalue weighted by atomic mass is 9.45. The van der Waals surface area contributed by atoms with E-state index >= 15 is 0 Å². The van der Waals surface area contributed by atoms with E-state index in [-0.39, 0.29) is 0 Å². The average Bonchev–Trinajstić information content (AvgIpc) is 3.26. The Morgan fingerprint density at radius 1 is 1.11 bits per heavy atom. The third kappa shape index (κ3) is 2.47. The molecular weight excluding hydrogens is 332 g/mol. The van der Waals surface area contributed by atoms with Gasteiger partial charge in [0.05, 0.1) is 0 Å². The van der Waals surface area contributed by atoms with Crippen molar-refractivity contribution in [2.75, 3.05) is 0 Å². The van der Waals surface area contributed by atoms with Crippen LogP contribution in [0.5, 0.6) is 0 Å². The summed E-state index contributed by atoms with van der Waals surface area (Å²) in [7, 11) is 0. The molecule has 0 bridgehead atoms. The minimum Gasteiger partial charge on any atom is -0.345 e. The summed E-state index contributed by atoms with van der Waals surface area (Å²) < 4.78 is 5.16. The second-order valence-electron chi connectivity index (χ2n) is 10.5. The van der Waals surface area contributed by atoms with E-state index < -0.39 is 0 Å². The molecule has 5 rings (SSSR count). The summed E-state index contributed by atoms with van der Waals surface area (Å²) >= 11 is 0. The van der Waals surface area contributed by atoms with Gasteiger partial charge in [0.1, 0.15) is 12.0 Å². The Labute approximate surface area is 163 Å². The number of aromatic nitrogens is 2. The summed E-state index contributed by atoms with van der Waals surface area (Å²) in [5, 5.41) is 8.17. The van der Waals surface area contributed by atoms with Crippen LogP contribution in [0.2, 0.25) is 0 Å². The second kappa shape index (κ2) is 6.34. The largest absolute Gasteiger partial charge is 0.345 e. The van der Waals surface area contributed by atoms with E-state index in [1.165, 1.54) is 57.8 Å². The van der Waals surface area contributed by atoms with Crippen LogP contribution in [0.4, 0.5) is 0 Å². The molecule has 0 radical (unpaired) electrons. The van der Waals surface area contributed by atoms with Crippen LogP contribution in [0.3, 0.4) is 0 Å². The van der Waals surface area contributed by atoms with Crippen LogP contribution < -0.4 is 0 Å². The van der Waals surface area contributed by atoms with Crippen molar-refractivity contribution in [3.63, 3.8) is 0 Å². The van der Waals surface area contributed by atoms with Crippen molar-refractivity contribution in [1.29, 1.82) is 0 Å². The van der Waals surface area contributed by atoms with Crippen LogP contribution in [0.25, 0.3) is 0 Å². The van der Waals surface area contributed by atoms with Gasteiger partial charge in [-0.1, -0.05) is 33.3 Å². The number of nitrogens with zero attached hydrogens (tertiary/aromatic N) is 2. The lowest BCUT2D eigenvalue weighted by Gasteiger charge is -2.60. The van der Waals surface area contributed by atoms with Gasteiger partial charge < -0.3 is 4.52 Å². The zero-order chi connectivity index (χ0) is 18.6. The lowest BCUT2D eigenvalue weighted by Crippen LogP contribution is -2.52. The minimum absolute atomic E-state index is 0.301. The first-order valence-corrected chi connectivity index (χ1v) is 11.2. The molecule has 3 nitrogen and oxygen atoms in total. The molecule has 2 unspecified atom stereocenters. The second-order valence-corrected chi connectivity index (χ2v) is 10.5. The van der Waals surface area contributed by atoms with E-state index in [0.29, 0.717) is 22.7 Å². The molecule has 4 fully saturated rings. The molecule has 0 aromatic carbocycles. The fourth-order valence-corrected chi connectivity index (χ4v) is 8.57. The molecule has 4 aliphatic carbocycles. The van der Waals surface area contributed by atoms with Gasteiger partial charge in [-0.05, 0) is 91.4 Å². The van der Waals surface area contributed by atoms with Crippen LogP contribution >= 0.6 is 0 Å². The van der Waals surface area contributed by atoms with Gasteiger partial charge in [0.15, 0.2) is 0 Å². The first kappa shape index (κ1) is 17.7. The third-order valence-corrected chi connectivity index (χ3v) is 9.71. The van der Waals surface area contributed by atoms with Crippen molar-refractivity contribution >= 4 is 0 Å². The molecular formula is C24H34N2O. The SMILES string of the molecule is C=C=CC1C[C@H]2[C@@H]3CC[C@H]4CCCC[C@]4(C)[C@H]3CC[C@]2(C)C1c1conn1. The maximum atomic E-state index is 5.16. The Morgan fingerprint density at radius 3 is 2.78 bits per heavy atom. The molecule has 0 N–H and O–H groups in total. The highest BCUT2D eigenvalue weighted by Crippen LogP contribution is 2.70. The molecule has 27 heavy (non-hydrogen) atoms. The van der Waals surface area contributed by atoms with Gasteiger partial charge in [0.2, 0.25) is 0 Å². The molecule has 1 heterocycles. The normalized spacial score (nSPS) is 48.8. The molecule has 146 valence electrons. The predicted molar refractivity (Wildman–Crippen MR) is 106 cm³/mol. The highest BCUT2D eigenvalue weighted by molar-refractivity contribution is 5.22. The summed E-state index contributed by atoms with van der Waals surface area (Å²) in [6.45, 7) is 9.09. The number of fused-ring (bicyclic) bond motifs is 5. The lowest BCUT2D eigenvalue weighted by molar-refractivity contribution is -0.106. The maximum Gasteiger partial charge on any atom is 0.147 e. The van der Waals surface area contributed by atoms with Crippen molar-refractivity contribution in [2.24, 2.45) is 40.4 Å². The van der Waals surface area contributed by atoms with Gasteiger partial charge >= 0.3 is 0 Å². The molecule has 0 saturated heterocycles. The number of rotatable bonds is 2. The Kier molecular flexibility index (Phi) is 4.17. The summed E-state index contributed by atoms with van der Waals surface area (Å²) in [5.74, 6) is 4.46. The first-order chi connectivity index (χ1) is 13.1. The van der Waals surface area contributed by atoms with Crippen LogP contribution in [0, 0.1) is 40.4 Å². The Morgan fingerprint density at radius 2 is 2.00 bits per heavy atom. The Hall–Kier alpha value is -1.34. The topological polar surface area (TPSA) is 38.9 Å². The summed E-state index contributed by atoms with van der Waals surface area (Å²) in [5.41, 5.74) is 5.05. The average molecular weight is 367 g/mol. The van der Waals surface area contributed by atoms with Crippen molar-refractivity contribution in [2.45, 2.75) is 77.6 Å². The van der Waals surface area contributed by atoms with Crippen molar-refractivity contribution in [3.05, 3.63) is 30.3 Å². The quantitative estimate of drug-likeness (QED) is 0.589. The molecule has 0 amide bonds. The standard InChI is InChI=1S/C24H34N2O/c1-4-7-16-14-20-18-10-9-17-8-5-6-12-23(17,2)19(18)11-13-24(20,3)22(16)21-15-27-26-25-21/h7,15-20,22H,1,5-6,8-14H2,2-3H3/t16?,17-,18-,19+,20+,22?,23+,24+/m1/s1. The van der Waals surface area contributed by atoms with E-state index in [2.05, 4.69) is 42.6 Å². The highest BCUT2D eigenvalue weighted by Gasteiger charge is 2.62. The number of hydrogen-bond acceptors (Lipinski definition) is 3. The van der Waals surface area contributed by atoms with Gasteiger partial charge in [-0.3, -0.25) is 0 Å². The maximum absolute atomic E-state index is 5.16. The monoisotopic (exact) mass is 366 g/mol. The molecule has 8 atom stereocenters. The zero-order valence-electron chi connectivity index (χ0n) is 17.0. The Bertz CT molecular complexity index is 736. The van der Waals surface area contributed by atoms with E-state index in [9.17, 15) is 0 Å². The molecule has 3 heteroatoms. The minimum atomic E-state index is 0.301. The zero-order valence-corrected chi connectivity index (χ0v) is 17.0. The Balaban J connectivity index is 1.51. The van der Waals surface area contributed by atoms with Gasteiger partial charge in [-0.25, -0.2) is 0 Å². The first-order valence-electron chi connectivity index (χ1n) is 11.2. The van der Waals surface area contributed by atoms with Crippen LogP contribution in [-0.4, -0.2) is 10.4 Å². The summed E-state index contributed by atoms with van der Waals surface area (Å²) in [6.07, 6.45) is 16.8. The van der Waals surface area contributed by atoms with Crippen molar-refractivity contribution in [1.82, 2.24) is 10.4 Å². The van der Waals surface area contributed by atoms with E-state index in [4.69, 9.17) is 4.52 Å². The molecule has 0 aliphatic heterocycles. The number of hydrogen-bond donors (Lipinski definition) is 0. The van der Waals surface area contributed by atoms with Crippen LogP contribution in [0.15, 0.2) is 29.2 Å². The van der Waals surface area contributed by atoms with Crippen molar-refractivity contribution < 1.29 is 4.52 Å². The third-order valence-electron chi connectivity index (χ3n) is 9.71. The highest BCUT2D eigenvalue weighted by atomic mass is 16.5. The molecule has 1 aromatic rings. The van der Waals surface area contributed by atoms with Gasteiger partial charge in [0, 0.05) is 11.2 Å². The number of allylic oxidation sites excluding steroid dienone is 1. The fourth-order valence-electron chi connectivity index (χ4n) is 8.57. The van der Waals surface area contributed by atoms with Crippen LogP contribution in [-0.2, 0) is 0 Å². The molecule has 4 saturated carbocycles.